The van der Waals surface area contributed by atoms with E-state index < -0.39 is 11.9 Å². The normalized spacial score (nSPS) is 13.6. The zero-order valence-electron chi connectivity index (χ0n) is 15.7. The molecule has 0 aromatic carbocycles. The van der Waals surface area contributed by atoms with Crippen LogP contribution in [0.15, 0.2) is 0 Å². The lowest BCUT2D eigenvalue weighted by Gasteiger charge is -2.02. The summed E-state index contributed by atoms with van der Waals surface area (Å²) in [6.45, 7) is 2.65. The summed E-state index contributed by atoms with van der Waals surface area (Å²) in [6.07, 6.45) is 19.7. The van der Waals surface area contributed by atoms with Gasteiger partial charge in [0.05, 0.1) is 12.8 Å². The van der Waals surface area contributed by atoms with Crippen LogP contribution in [0.25, 0.3) is 0 Å². The van der Waals surface area contributed by atoms with Crippen LogP contribution in [-0.2, 0) is 14.3 Å². The molecule has 0 saturated carbocycles. The summed E-state index contributed by atoms with van der Waals surface area (Å²) >= 11 is 0. The highest BCUT2D eigenvalue weighted by Gasteiger charge is 2.19. The Balaban J connectivity index is 0.000000620. The van der Waals surface area contributed by atoms with Crippen molar-refractivity contribution >= 4 is 11.9 Å². The van der Waals surface area contributed by atoms with Gasteiger partial charge in [-0.15, -0.1) is 0 Å². The van der Waals surface area contributed by atoms with Crippen molar-refractivity contribution in [1.82, 2.24) is 0 Å². The highest BCUT2D eigenvalue weighted by atomic mass is 16.6. The van der Waals surface area contributed by atoms with Crippen molar-refractivity contribution in [3.8, 4) is 0 Å². The Morgan fingerprint density at radius 1 is 0.667 bits per heavy atom. The predicted octanol–water partition coefficient (Wildman–Crippen LogP) is 5.31. The van der Waals surface area contributed by atoms with E-state index in [9.17, 15) is 9.59 Å². The molecular weight excluding hydrogens is 304 g/mol. The van der Waals surface area contributed by atoms with Crippen LogP contribution < -0.4 is 0 Å². The fraction of sp³-hybridized carbons (Fsp3) is 0.900. The number of cyclic esters (lactones) is 2. The first-order chi connectivity index (χ1) is 11.7. The van der Waals surface area contributed by atoms with Crippen molar-refractivity contribution < 1.29 is 19.4 Å². The minimum Gasteiger partial charge on any atom is -0.396 e. The van der Waals surface area contributed by atoms with E-state index in [2.05, 4.69) is 11.7 Å². The number of carbonyl (C=O) groups is 2. The highest BCUT2D eigenvalue weighted by molar-refractivity contribution is 5.92. The van der Waals surface area contributed by atoms with E-state index in [1.807, 2.05) is 0 Å². The summed E-state index contributed by atoms with van der Waals surface area (Å²) in [5.74, 6) is -0.796. The first-order valence-corrected chi connectivity index (χ1v) is 10.0. The van der Waals surface area contributed by atoms with Crippen LogP contribution in [0.2, 0.25) is 0 Å². The van der Waals surface area contributed by atoms with E-state index in [1.165, 1.54) is 83.5 Å². The molecule has 1 saturated heterocycles. The van der Waals surface area contributed by atoms with Crippen LogP contribution in [0.4, 0.5) is 0 Å². The summed E-state index contributed by atoms with van der Waals surface area (Å²) in [4.78, 5) is 20.0. The number of hydrogen-bond donors (Lipinski definition) is 1. The fourth-order valence-corrected chi connectivity index (χ4v) is 2.74. The topological polar surface area (TPSA) is 63.6 Å². The smallest absolute Gasteiger partial charge is 0.314 e. The maximum absolute atomic E-state index is 10.0. The lowest BCUT2D eigenvalue weighted by Crippen LogP contribution is -1.94. The zero-order chi connectivity index (χ0) is 17.9. The Labute approximate surface area is 148 Å². The lowest BCUT2D eigenvalue weighted by molar-refractivity contribution is -0.151. The van der Waals surface area contributed by atoms with E-state index in [0.717, 1.165) is 6.42 Å². The largest absolute Gasteiger partial charge is 0.396 e. The number of aliphatic hydroxyl groups is 1. The van der Waals surface area contributed by atoms with Gasteiger partial charge >= 0.3 is 11.9 Å². The molecule has 1 heterocycles. The summed E-state index contributed by atoms with van der Waals surface area (Å²) in [6, 6.07) is 0. The molecule has 1 N–H and O–H groups in total. The summed E-state index contributed by atoms with van der Waals surface area (Å²) in [5, 5.41) is 8.64. The van der Waals surface area contributed by atoms with Crippen LogP contribution in [0.3, 0.4) is 0 Å². The molecule has 0 radical (unpaired) electrons. The van der Waals surface area contributed by atoms with Gasteiger partial charge in [-0.05, 0) is 6.42 Å². The molecule has 0 unspecified atom stereocenters. The molecule has 24 heavy (non-hydrogen) atoms. The average molecular weight is 343 g/mol. The van der Waals surface area contributed by atoms with Gasteiger partial charge in [0.1, 0.15) is 0 Å². The molecule has 4 nitrogen and oxygen atoms in total. The minimum absolute atomic E-state index is 0.263. The molecule has 0 amide bonds. The molecule has 4 heteroatoms. The third kappa shape index (κ3) is 17.5. The Morgan fingerprint density at radius 3 is 1.25 bits per heavy atom. The number of hydrogen-bond acceptors (Lipinski definition) is 4. The number of ether oxygens (including phenoxy) is 1. The van der Waals surface area contributed by atoms with Gasteiger partial charge in [0.25, 0.3) is 0 Å². The standard InChI is InChI=1S/C16H34O.C4H4O3/c1-2-3-4-5-6-7-8-9-10-11-12-13-14-15-16-17;5-3-1-2-4(6)7-3/h17H,2-16H2,1H3;1-2H2. The molecule has 1 fully saturated rings. The molecule has 142 valence electrons. The summed E-state index contributed by atoms with van der Waals surface area (Å²) in [5.41, 5.74) is 0. The third-order valence-corrected chi connectivity index (χ3v) is 4.27. The molecule has 0 atom stereocenters. The van der Waals surface area contributed by atoms with E-state index in [0.29, 0.717) is 6.61 Å². The Hall–Kier alpha value is -0.900. The van der Waals surface area contributed by atoms with Crippen LogP contribution in [-0.4, -0.2) is 23.7 Å². The molecule has 0 aromatic rings. The average Bonchev–Trinajstić information content (AvgIpc) is 2.95. The Morgan fingerprint density at radius 2 is 1.00 bits per heavy atom. The molecule has 0 aromatic heterocycles. The zero-order valence-corrected chi connectivity index (χ0v) is 15.7. The van der Waals surface area contributed by atoms with Crippen LogP contribution in [0, 0.1) is 0 Å². The van der Waals surface area contributed by atoms with Gasteiger partial charge in [0.2, 0.25) is 0 Å². The maximum atomic E-state index is 10.0. The lowest BCUT2D eigenvalue weighted by atomic mass is 10.0. The number of unbranched alkanes of at least 4 members (excludes halogenated alkanes) is 13. The molecule has 0 bridgehead atoms. The highest BCUT2D eigenvalue weighted by Crippen LogP contribution is 2.12. The Bertz CT molecular complexity index is 274. The van der Waals surface area contributed by atoms with Gasteiger partial charge in [0.15, 0.2) is 0 Å². The van der Waals surface area contributed by atoms with Crippen LogP contribution in [0.1, 0.15) is 110 Å². The van der Waals surface area contributed by atoms with Gasteiger partial charge in [-0.1, -0.05) is 90.4 Å². The minimum atomic E-state index is -0.398. The molecule has 1 aliphatic heterocycles. The van der Waals surface area contributed by atoms with Crippen molar-refractivity contribution in [2.24, 2.45) is 0 Å². The van der Waals surface area contributed by atoms with Crippen molar-refractivity contribution in [3.05, 3.63) is 0 Å². The van der Waals surface area contributed by atoms with E-state index in [1.54, 1.807) is 0 Å². The second-order valence-corrected chi connectivity index (χ2v) is 6.67. The maximum Gasteiger partial charge on any atom is 0.314 e. The molecule has 1 aliphatic rings. The predicted molar refractivity (Wildman–Crippen MR) is 97.7 cm³/mol. The van der Waals surface area contributed by atoms with Gasteiger partial charge in [-0.3, -0.25) is 9.59 Å². The van der Waals surface area contributed by atoms with Crippen LogP contribution >= 0.6 is 0 Å². The molecule has 1 rings (SSSR count). The summed E-state index contributed by atoms with van der Waals surface area (Å²) < 4.78 is 4.08. The first-order valence-electron chi connectivity index (χ1n) is 10.0. The number of carbonyl (C=O) groups excluding carboxylic acids is 2. The first kappa shape index (κ1) is 23.1. The monoisotopic (exact) mass is 342 g/mol. The van der Waals surface area contributed by atoms with E-state index in [-0.39, 0.29) is 12.8 Å². The van der Waals surface area contributed by atoms with Crippen molar-refractivity contribution in [3.63, 3.8) is 0 Å². The van der Waals surface area contributed by atoms with Gasteiger partial charge in [0, 0.05) is 6.61 Å². The van der Waals surface area contributed by atoms with Gasteiger partial charge < -0.3 is 9.84 Å². The fourth-order valence-electron chi connectivity index (χ4n) is 2.74. The second-order valence-electron chi connectivity index (χ2n) is 6.67. The molecular formula is C20H38O4. The second kappa shape index (κ2) is 18.4. The number of aliphatic hydroxyl groups excluding tert-OH is 1. The van der Waals surface area contributed by atoms with E-state index in [4.69, 9.17) is 5.11 Å². The molecule has 0 spiro atoms. The SMILES string of the molecule is CCCCCCCCCCCCCCCCO.O=C1CCC(=O)O1. The van der Waals surface area contributed by atoms with Crippen LogP contribution in [0.5, 0.6) is 0 Å². The van der Waals surface area contributed by atoms with Gasteiger partial charge in [-0.25, -0.2) is 0 Å². The quantitative estimate of drug-likeness (QED) is 0.264. The Kier molecular flexibility index (Phi) is 17.7. The van der Waals surface area contributed by atoms with Crippen molar-refractivity contribution in [2.45, 2.75) is 110 Å². The number of rotatable bonds is 14. The third-order valence-electron chi connectivity index (χ3n) is 4.27. The molecule has 0 aliphatic carbocycles. The van der Waals surface area contributed by atoms with Gasteiger partial charge in [-0.2, -0.15) is 0 Å². The summed E-state index contributed by atoms with van der Waals surface area (Å²) in [7, 11) is 0. The number of esters is 2. The van der Waals surface area contributed by atoms with Crippen molar-refractivity contribution in [1.29, 1.82) is 0 Å². The van der Waals surface area contributed by atoms with Crippen molar-refractivity contribution in [2.75, 3.05) is 6.61 Å². The van der Waals surface area contributed by atoms with E-state index >= 15 is 0 Å².